The fourth-order valence-electron chi connectivity index (χ4n) is 2.69. The van der Waals surface area contributed by atoms with Gasteiger partial charge < -0.3 is 10.1 Å². The summed E-state index contributed by atoms with van der Waals surface area (Å²) in [5.41, 5.74) is 1.10. The molecule has 0 bridgehead atoms. The summed E-state index contributed by atoms with van der Waals surface area (Å²) >= 11 is 0. The van der Waals surface area contributed by atoms with Gasteiger partial charge in [-0.3, -0.25) is 4.90 Å². The van der Waals surface area contributed by atoms with Crippen LogP contribution < -0.4 is 10.1 Å². The highest BCUT2D eigenvalue weighted by Gasteiger charge is 2.20. The first kappa shape index (κ1) is 14.3. The van der Waals surface area contributed by atoms with Gasteiger partial charge in [-0.25, -0.2) is 4.98 Å². The molecule has 0 saturated carbocycles. The lowest BCUT2D eigenvalue weighted by atomic mass is 10.1. The SMILES string of the molecule is CCCN(Cc1cccc(OC)n1)C1CCCNC1. The molecule has 2 rings (SSSR count). The van der Waals surface area contributed by atoms with E-state index in [0.29, 0.717) is 11.9 Å². The Balaban J connectivity index is 2.01. The van der Waals surface area contributed by atoms with Crippen molar-refractivity contribution in [2.45, 2.75) is 38.8 Å². The first-order valence-electron chi connectivity index (χ1n) is 7.28. The number of methoxy groups -OCH3 is 1. The van der Waals surface area contributed by atoms with Crippen LogP contribution in [-0.2, 0) is 6.54 Å². The average molecular weight is 263 g/mol. The van der Waals surface area contributed by atoms with Crippen LogP contribution in [0.25, 0.3) is 0 Å². The van der Waals surface area contributed by atoms with Gasteiger partial charge in [-0.1, -0.05) is 13.0 Å². The van der Waals surface area contributed by atoms with Crippen molar-refractivity contribution in [3.05, 3.63) is 23.9 Å². The predicted molar refractivity (Wildman–Crippen MR) is 77.4 cm³/mol. The minimum absolute atomic E-state index is 0.640. The number of rotatable bonds is 6. The summed E-state index contributed by atoms with van der Waals surface area (Å²) in [6, 6.07) is 6.64. The van der Waals surface area contributed by atoms with E-state index in [1.165, 1.54) is 19.3 Å². The Hall–Kier alpha value is -1.13. The molecule has 19 heavy (non-hydrogen) atoms. The van der Waals surface area contributed by atoms with E-state index in [2.05, 4.69) is 28.2 Å². The molecule has 1 N–H and O–H groups in total. The van der Waals surface area contributed by atoms with E-state index in [1.54, 1.807) is 7.11 Å². The Morgan fingerprint density at radius 3 is 3.05 bits per heavy atom. The lowest BCUT2D eigenvalue weighted by molar-refractivity contribution is 0.156. The molecule has 1 aromatic rings. The lowest BCUT2D eigenvalue weighted by Crippen LogP contribution is -2.46. The highest BCUT2D eigenvalue weighted by atomic mass is 16.5. The second-order valence-electron chi connectivity index (χ2n) is 5.14. The van der Waals surface area contributed by atoms with Crippen LogP contribution in [0.3, 0.4) is 0 Å². The molecule has 4 heteroatoms. The molecule has 4 nitrogen and oxygen atoms in total. The van der Waals surface area contributed by atoms with Crippen LogP contribution in [0.5, 0.6) is 5.88 Å². The van der Waals surface area contributed by atoms with E-state index < -0.39 is 0 Å². The molecule has 1 unspecified atom stereocenters. The van der Waals surface area contributed by atoms with E-state index in [0.717, 1.165) is 31.9 Å². The number of aromatic nitrogens is 1. The Bertz CT molecular complexity index is 377. The van der Waals surface area contributed by atoms with Gasteiger partial charge in [0.05, 0.1) is 12.8 Å². The molecule has 106 valence electrons. The standard InChI is InChI=1S/C15H25N3O/c1-3-10-18(14-7-5-9-16-11-14)12-13-6-4-8-15(17-13)19-2/h4,6,8,14,16H,3,5,7,9-12H2,1-2H3. The highest BCUT2D eigenvalue weighted by molar-refractivity contribution is 5.15. The average Bonchev–Trinajstić information content (AvgIpc) is 2.48. The van der Waals surface area contributed by atoms with Gasteiger partial charge in [0.25, 0.3) is 0 Å². The molecule has 1 atom stereocenters. The molecule has 1 aromatic heterocycles. The van der Waals surface area contributed by atoms with E-state index in [-0.39, 0.29) is 0 Å². The summed E-state index contributed by atoms with van der Waals surface area (Å²) in [4.78, 5) is 7.07. The second-order valence-corrected chi connectivity index (χ2v) is 5.14. The lowest BCUT2D eigenvalue weighted by Gasteiger charge is -2.34. The van der Waals surface area contributed by atoms with Gasteiger partial charge in [-0.15, -0.1) is 0 Å². The number of ether oxygens (including phenoxy) is 1. The van der Waals surface area contributed by atoms with Crippen LogP contribution in [0, 0.1) is 0 Å². The fourth-order valence-corrected chi connectivity index (χ4v) is 2.69. The van der Waals surface area contributed by atoms with Gasteiger partial charge >= 0.3 is 0 Å². The van der Waals surface area contributed by atoms with Gasteiger partial charge in [0.15, 0.2) is 0 Å². The molecule has 0 spiro atoms. The summed E-state index contributed by atoms with van der Waals surface area (Å²) < 4.78 is 5.20. The van der Waals surface area contributed by atoms with Gasteiger partial charge in [-0.05, 0) is 38.4 Å². The number of piperidine rings is 1. The molecule has 0 aromatic carbocycles. The molecule has 1 aliphatic heterocycles. The smallest absolute Gasteiger partial charge is 0.213 e. The molecular formula is C15H25N3O. The normalized spacial score (nSPS) is 19.6. The Morgan fingerprint density at radius 1 is 1.47 bits per heavy atom. The van der Waals surface area contributed by atoms with E-state index in [9.17, 15) is 0 Å². The third-order valence-corrected chi connectivity index (χ3v) is 3.65. The van der Waals surface area contributed by atoms with Crippen molar-refractivity contribution < 1.29 is 4.74 Å². The highest BCUT2D eigenvalue weighted by Crippen LogP contribution is 2.15. The minimum atomic E-state index is 0.640. The summed E-state index contributed by atoms with van der Waals surface area (Å²) in [6.45, 7) is 6.54. The van der Waals surface area contributed by atoms with Crippen LogP contribution in [-0.4, -0.2) is 42.7 Å². The minimum Gasteiger partial charge on any atom is -0.481 e. The maximum atomic E-state index is 5.20. The molecule has 0 aliphatic carbocycles. The van der Waals surface area contributed by atoms with Gasteiger partial charge in [0.2, 0.25) is 5.88 Å². The Morgan fingerprint density at radius 2 is 2.37 bits per heavy atom. The summed E-state index contributed by atoms with van der Waals surface area (Å²) in [7, 11) is 1.67. The van der Waals surface area contributed by atoms with Crippen molar-refractivity contribution in [2.24, 2.45) is 0 Å². The molecule has 1 fully saturated rings. The number of nitrogens with zero attached hydrogens (tertiary/aromatic N) is 2. The van der Waals surface area contributed by atoms with Gasteiger partial charge in [0.1, 0.15) is 0 Å². The number of hydrogen-bond donors (Lipinski definition) is 1. The van der Waals surface area contributed by atoms with Crippen LogP contribution in [0.2, 0.25) is 0 Å². The zero-order valence-corrected chi connectivity index (χ0v) is 12.1. The maximum Gasteiger partial charge on any atom is 0.213 e. The Kier molecular flexibility index (Phi) is 5.61. The van der Waals surface area contributed by atoms with Crippen LogP contribution in [0.4, 0.5) is 0 Å². The summed E-state index contributed by atoms with van der Waals surface area (Å²) in [5.74, 6) is 0.704. The van der Waals surface area contributed by atoms with Crippen LogP contribution in [0.15, 0.2) is 18.2 Å². The fraction of sp³-hybridized carbons (Fsp3) is 0.667. The Labute approximate surface area is 116 Å². The van der Waals surface area contributed by atoms with Gasteiger partial charge in [0, 0.05) is 25.2 Å². The van der Waals surface area contributed by atoms with Crippen molar-refractivity contribution in [2.75, 3.05) is 26.7 Å². The molecule has 2 heterocycles. The first-order valence-corrected chi connectivity index (χ1v) is 7.28. The van der Waals surface area contributed by atoms with Gasteiger partial charge in [-0.2, -0.15) is 0 Å². The van der Waals surface area contributed by atoms with Crippen molar-refractivity contribution in [1.82, 2.24) is 15.2 Å². The predicted octanol–water partition coefficient (Wildman–Crippen LogP) is 2.05. The molecule has 0 radical (unpaired) electrons. The molecule has 1 aliphatic rings. The number of pyridine rings is 1. The molecule has 0 amide bonds. The molecular weight excluding hydrogens is 238 g/mol. The van der Waals surface area contributed by atoms with Crippen molar-refractivity contribution in [3.63, 3.8) is 0 Å². The zero-order valence-electron chi connectivity index (χ0n) is 12.1. The van der Waals surface area contributed by atoms with E-state index in [1.807, 2.05) is 12.1 Å². The maximum absolute atomic E-state index is 5.20. The largest absolute Gasteiger partial charge is 0.481 e. The van der Waals surface area contributed by atoms with Crippen molar-refractivity contribution >= 4 is 0 Å². The quantitative estimate of drug-likeness (QED) is 0.852. The monoisotopic (exact) mass is 263 g/mol. The van der Waals surface area contributed by atoms with Crippen LogP contribution >= 0.6 is 0 Å². The summed E-state index contributed by atoms with van der Waals surface area (Å²) in [6.07, 6.45) is 3.74. The van der Waals surface area contributed by atoms with E-state index >= 15 is 0 Å². The zero-order chi connectivity index (χ0) is 13.5. The number of hydrogen-bond acceptors (Lipinski definition) is 4. The van der Waals surface area contributed by atoms with Crippen molar-refractivity contribution in [1.29, 1.82) is 0 Å². The molecule has 1 saturated heterocycles. The van der Waals surface area contributed by atoms with Crippen LogP contribution in [0.1, 0.15) is 31.9 Å². The third kappa shape index (κ3) is 4.18. The number of nitrogens with one attached hydrogen (secondary N) is 1. The first-order chi connectivity index (χ1) is 9.33. The van der Waals surface area contributed by atoms with E-state index in [4.69, 9.17) is 4.74 Å². The van der Waals surface area contributed by atoms with Crippen molar-refractivity contribution in [3.8, 4) is 5.88 Å². The summed E-state index contributed by atoms with van der Waals surface area (Å²) in [5, 5.41) is 3.50. The third-order valence-electron chi connectivity index (χ3n) is 3.65. The topological polar surface area (TPSA) is 37.4 Å². The second kappa shape index (κ2) is 7.46.